The van der Waals surface area contributed by atoms with Gasteiger partial charge in [-0.05, 0) is 24.5 Å². The minimum absolute atomic E-state index is 0.0192. The molecule has 0 saturated heterocycles. The van der Waals surface area contributed by atoms with Gasteiger partial charge in [-0.2, -0.15) is 0 Å². The highest BCUT2D eigenvalue weighted by Gasteiger charge is 2.15. The maximum absolute atomic E-state index is 11.4. The number of hydrogen-bond acceptors (Lipinski definition) is 3. The number of carbonyl (C=O) groups excluding carboxylic acids is 1. The van der Waals surface area contributed by atoms with Crippen LogP contribution in [0.25, 0.3) is 0 Å². The lowest BCUT2D eigenvalue weighted by molar-refractivity contribution is -0.117. The van der Waals surface area contributed by atoms with Gasteiger partial charge < -0.3 is 5.32 Å². The first-order valence-electron chi connectivity index (χ1n) is 7.07. The first-order chi connectivity index (χ1) is 9.81. The molecule has 3 nitrogen and oxygen atoms in total. The van der Waals surface area contributed by atoms with Crippen molar-refractivity contribution in [2.75, 3.05) is 0 Å². The number of amidine groups is 1. The highest BCUT2D eigenvalue weighted by molar-refractivity contribution is 9.10. The monoisotopic (exact) mass is 370 g/mol. The van der Waals surface area contributed by atoms with Crippen LogP contribution in [0.1, 0.15) is 46.2 Å². The van der Waals surface area contributed by atoms with Crippen LogP contribution in [0.2, 0.25) is 0 Å². The molecule has 21 heavy (non-hydrogen) atoms. The van der Waals surface area contributed by atoms with Gasteiger partial charge in [0, 0.05) is 16.6 Å². The normalized spacial score (nSPS) is 14.9. The fraction of sp³-hybridized carbons (Fsp3) is 0.500. The van der Waals surface area contributed by atoms with Gasteiger partial charge in [0.2, 0.25) is 5.91 Å². The number of nitrogens with one attached hydrogen (secondary N) is 1. The lowest BCUT2D eigenvalue weighted by Gasteiger charge is -2.18. The summed E-state index contributed by atoms with van der Waals surface area (Å²) in [5, 5.41) is 3.92. The summed E-state index contributed by atoms with van der Waals surface area (Å²) in [7, 11) is 0. The Morgan fingerprint density at radius 1 is 1.24 bits per heavy atom. The largest absolute Gasteiger partial charge is 0.306 e. The van der Waals surface area contributed by atoms with E-state index in [0.717, 1.165) is 10.0 Å². The Bertz CT molecular complexity index is 517. The molecule has 2 atom stereocenters. The van der Waals surface area contributed by atoms with Gasteiger partial charge in [-0.25, -0.2) is 0 Å². The summed E-state index contributed by atoms with van der Waals surface area (Å²) in [5.74, 6) is 0.434. The zero-order valence-corrected chi connectivity index (χ0v) is 15.6. The van der Waals surface area contributed by atoms with Gasteiger partial charge in [-0.3, -0.25) is 9.79 Å². The Hall–Kier alpha value is -0.810. The standard InChI is InChI=1S/C16H23BrN2OS/c1-10(2)12(4)21-16(19-13(5)20)18-11(3)14-8-6-7-9-15(14)17/h6-12H,1-5H3,(H,18,19,20)/t11-,12?/m0/s1. The number of aliphatic imine (C=N–C) groups is 1. The van der Waals surface area contributed by atoms with E-state index < -0.39 is 0 Å². The van der Waals surface area contributed by atoms with Crippen LogP contribution < -0.4 is 5.32 Å². The average Bonchev–Trinajstić information content (AvgIpc) is 2.37. The third-order valence-electron chi connectivity index (χ3n) is 3.19. The van der Waals surface area contributed by atoms with Gasteiger partial charge in [-0.1, -0.05) is 66.7 Å². The summed E-state index contributed by atoms with van der Waals surface area (Å²) >= 11 is 5.16. The fourth-order valence-electron chi connectivity index (χ4n) is 1.61. The molecule has 116 valence electrons. The molecule has 1 aromatic rings. The van der Waals surface area contributed by atoms with Crippen LogP contribution in [0.3, 0.4) is 0 Å². The summed E-state index contributed by atoms with van der Waals surface area (Å²) in [5.41, 5.74) is 1.11. The Morgan fingerprint density at radius 2 is 1.86 bits per heavy atom. The Morgan fingerprint density at radius 3 is 2.38 bits per heavy atom. The molecule has 0 heterocycles. The molecular formula is C16H23BrN2OS. The van der Waals surface area contributed by atoms with Crippen LogP contribution in [0.15, 0.2) is 33.7 Å². The van der Waals surface area contributed by atoms with Gasteiger partial charge in [0.05, 0.1) is 6.04 Å². The van der Waals surface area contributed by atoms with E-state index in [1.807, 2.05) is 31.2 Å². The number of benzene rings is 1. The van der Waals surface area contributed by atoms with Crippen LogP contribution in [0.5, 0.6) is 0 Å². The topological polar surface area (TPSA) is 41.5 Å². The number of thioether (sulfide) groups is 1. The van der Waals surface area contributed by atoms with E-state index >= 15 is 0 Å². The highest BCUT2D eigenvalue weighted by Crippen LogP contribution is 2.27. The van der Waals surface area contributed by atoms with Gasteiger partial charge in [0.25, 0.3) is 0 Å². The first-order valence-corrected chi connectivity index (χ1v) is 8.75. The molecule has 1 rings (SSSR count). The van der Waals surface area contributed by atoms with Crippen molar-refractivity contribution in [3.63, 3.8) is 0 Å². The second kappa shape index (κ2) is 8.59. The van der Waals surface area contributed by atoms with E-state index in [4.69, 9.17) is 0 Å². The van der Waals surface area contributed by atoms with Crippen LogP contribution in [0, 0.1) is 5.92 Å². The molecule has 1 N–H and O–H groups in total. The Kier molecular flexibility index (Phi) is 7.46. The highest BCUT2D eigenvalue weighted by atomic mass is 79.9. The van der Waals surface area contributed by atoms with E-state index in [1.54, 1.807) is 11.8 Å². The van der Waals surface area contributed by atoms with Crippen LogP contribution in [-0.2, 0) is 4.79 Å². The summed E-state index contributed by atoms with van der Waals surface area (Å²) in [6.07, 6.45) is 0. The third kappa shape index (κ3) is 6.22. The van der Waals surface area contributed by atoms with Gasteiger partial charge in [0.1, 0.15) is 0 Å². The smallest absolute Gasteiger partial charge is 0.222 e. The van der Waals surface area contributed by atoms with Gasteiger partial charge >= 0.3 is 0 Å². The van der Waals surface area contributed by atoms with E-state index in [-0.39, 0.29) is 11.9 Å². The molecule has 1 aromatic carbocycles. The molecule has 0 aliphatic rings. The molecule has 0 bridgehead atoms. The van der Waals surface area contributed by atoms with Crippen molar-refractivity contribution in [3.8, 4) is 0 Å². The summed E-state index contributed by atoms with van der Waals surface area (Å²) in [6.45, 7) is 10.0. The lowest BCUT2D eigenvalue weighted by atomic mass is 10.1. The molecule has 0 radical (unpaired) electrons. The predicted molar refractivity (Wildman–Crippen MR) is 95.7 cm³/mol. The number of hydrogen-bond donors (Lipinski definition) is 1. The molecule has 0 aliphatic heterocycles. The summed E-state index contributed by atoms with van der Waals surface area (Å²) in [4.78, 5) is 16.1. The van der Waals surface area contributed by atoms with E-state index in [2.05, 4.69) is 47.0 Å². The second-order valence-electron chi connectivity index (χ2n) is 5.38. The number of nitrogens with zero attached hydrogens (tertiary/aromatic N) is 1. The van der Waals surface area contributed by atoms with Crippen LogP contribution in [-0.4, -0.2) is 16.3 Å². The van der Waals surface area contributed by atoms with E-state index in [9.17, 15) is 4.79 Å². The molecule has 0 saturated carbocycles. The molecule has 0 aromatic heterocycles. The van der Waals surface area contributed by atoms with Crippen molar-refractivity contribution in [1.82, 2.24) is 5.32 Å². The van der Waals surface area contributed by atoms with E-state index in [0.29, 0.717) is 16.3 Å². The molecule has 0 aliphatic carbocycles. The average molecular weight is 371 g/mol. The van der Waals surface area contributed by atoms with Crippen LogP contribution >= 0.6 is 27.7 Å². The second-order valence-corrected chi connectivity index (χ2v) is 7.60. The van der Waals surface area contributed by atoms with Crippen molar-refractivity contribution >= 4 is 38.8 Å². The SMILES string of the molecule is CC(=O)NC(=N[C@@H](C)c1ccccc1Br)SC(C)C(C)C. The number of amides is 1. The van der Waals surface area contributed by atoms with Crippen molar-refractivity contribution in [2.45, 2.75) is 45.9 Å². The summed E-state index contributed by atoms with van der Waals surface area (Å²) < 4.78 is 1.03. The van der Waals surface area contributed by atoms with E-state index in [1.165, 1.54) is 6.92 Å². The van der Waals surface area contributed by atoms with Gasteiger partial charge in [-0.15, -0.1) is 0 Å². The molecule has 0 spiro atoms. The van der Waals surface area contributed by atoms with Crippen molar-refractivity contribution < 1.29 is 4.79 Å². The lowest BCUT2D eigenvalue weighted by Crippen LogP contribution is -2.28. The maximum atomic E-state index is 11.4. The summed E-state index contributed by atoms with van der Waals surface area (Å²) in [6, 6.07) is 8.00. The minimum Gasteiger partial charge on any atom is -0.306 e. The zero-order valence-electron chi connectivity index (χ0n) is 13.2. The Balaban J connectivity index is 2.96. The minimum atomic E-state index is -0.0865. The van der Waals surface area contributed by atoms with Crippen molar-refractivity contribution in [2.24, 2.45) is 10.9 Å². The third-order valence-corrected chi connectivity index (χ3v) is 5.25. The van der Waals surface area contributed by atoms with Gasteiger partial charge in [0.15, 0.2) is 5.17 Å². The Labute approximate surface area is 140 Å². The number of carbonyl (C=O) groups is 1. The molecule has 5 heteroatoms. The molecule has 1 unspecified atom stereocenters. The van der Waals surface area contributed by atoms with Crippen molar-refractivity contribution in [3.05, 3.63) is 34.3 Å². The number of halogens is 1. The maximum Gasteiger partial charge on any atom is 0.222 e. The first kappa shape index (κ1) is 18.2. The fourth-order valence-corrected chi connectivity index (χ4v) is 3.28. The molecular weight excluding hydrogens is 348 g/mol. The zero-order chi connectivity index (χ0) is 16.0. The molecule has 0 fully saturated rings. The van der Waals surface area contributed by atoms with Crippen LogP contribution in [0.4, 0.5) is 0 Å². The quantitative estimate of drug-likeness (QED) is 0.611. The number of rotatable bonds is 4. The van der Waals surface area contributed by atoms with Crippen molar-refractivity contribution in [1.29, 1.82) is 0 Å². The predicted octanol–water partition coefficient (Wildman–Crippen LogP) is 4.78. The molecule has 1 amide bonds.